The smallest absolute Gasteiger partial charge is 0.231 e. The average Bonchev–Trinajstić information content (AvgIpc) is 3.47. The van der Waals surface area contributed by atoms with Gasteiger partial charge in [-0.2, -0.15) is 0 Å². The minimum Gasteiger partial charge on any atom is -0.454 e. The minimum atomic E-state index is -0.0163. The Bertz CT molecular complexity index is 757. The first-order valence-electron chi connectivity index (χ1n) is 11.2. The van der Waals surface area contributed by atoms with Crippen LogP contribution in [-0.2, 0) is 19.6 Å². The molecule has 1 aromatic carbocycles. The highest BCUT2D eigenvalue weighted by atomic mass is 127. The van der Waals surface area contributed by atoms with E-state index < -0.39 is 0 Å². The molecule has 3 aliphatic rings. The van der Waals surface area contributed by atoms with Crippen LogP contribution in [0.25, 0.3) is 0 Å². The summed E-state index contributed by atoms with van der Waals surface area (Å²) in [6.07, 6.45) is 3.05. The van der Waals surface area contributed by atoms with Gasteiger partial charge in [-0.3, -0.25) is 4.99 Å². The van der Waals surface area contributed by atoms with Gasteiger partial charge in [0.15, 0.2) is 17.5 Å². The maximum atomic E-state index is 5.74. The summed E-state index contributed by atoms with van der Waals surface area (Å²) in [5, 5.41) is 3.67. The zero-order valence-electron chi connectivity index (χ0n) is 19.1. The zero-order chi connectivity index (χ0) is 21.5. The Kier molecular flexibility index (Phi) is 9.69. The van der Waals surface area contributed by atoms with Crippen LogP contribution in [0, 0.1) is 5.92 Å². The number of benzene rings is 1. The Morgan fingerprint density at radius 2 is 2.03 bits per heavy atom. The number of fused-ring (bicyclic) bond motifs is 1. The lowest BCUT2D eigenvalue weighted by molar-refractivity contribution is 0.0508. The highest BCUT2D eigenvalue weighted by Gasteiger charge is 2.36. The van der Waals surface area contributed by atoms with E-state index in [9.17, 15) is 0 Å². The summed E-state index contributed by atoms with van der Waals surface area (Å²) in [4.78, 5) is 6.92. The Morgan fingerprint density at radius 1 is 1.22 bits per heavy atom. The number of likely N-dealkylation sites (tertiary alicyclic amines) is 1. The molecular weight excluding hydrogens is 525 g/mol. The number of methoxy groups -OCH3 is 1. The van der Waals surface area contributed by atoms with Crippen LogP contribution in [0.2, 0.25) is 0 Å². The molecule has 0 amide bonds. The first kappa shape index (κ1) is 25.3. The van der Waals surface area contributed by atoms with Gasteiger partial charge in [0, 0.05) is 58.3 Å². The molecule has 1 unspecified atom stereocenters. The highest BCUT2D eigenvalue weighted by Crippen LogP contribution is 2.40. The Morgan fingerprint density at radius 3 is 2.81 bits per heavy atom. The molecule has 0 aliphatic carbocycles. The number of nitrogens with one attached hydrogen (secondary N) is 1. The van der Waals surface area contributed by atoms with E-state index in [-0.39, 0.29) is 29.4 Å². The van der Waals surface area contributed by atoms with Gasteiger partial charge in [-0.1, -0.05) is 6.07 Å². The number of halogens is 1. The van der Waals surface area contributed by atoms with Crippen LogP contribution in [-0.4, -0.2) is 84.5 Å². The molecule has 32 heavy (non-hydrogen) atoms. The van der Waals surface area contributed by atoms with E-state index in [0.717, 1.165) is 76.2 Å². The Hall–Kier alpha value is -1.30. The second-order valence-electron chi connectivity index (χ2n) is 8.53. The molecule has 1 N–H and O–H groups in total. The summed E-state index contributed by atoms with van der Waals surface area (Å²) in [7, 11) is 3.56. The number of guanidine groups is 1. The van der Waals surface area contributed by atoms with Gasteiger partial charge in [-0.15, -0.1) is 24.0 Å². The predicted molar refractivity (Wildman–Crippen MR) is 133 cm³/mol. The number of rotatable bonds is 8. The average molecular weight is 561 g/mol. The topological polar surface area (TPSA) is 73.8 Å². The van der Waals surface area contributed by atoms with Crippen molar-refractivity contribution in [2.45, 2.75) is 24.7 Å². The molecule has 4 rings (SSSR count). The first-order chi connectivity index (χ1) is 15.2. The molecule has 1 aromatic rings. The van der Waals surface area contributed by atoms with Gasteiger partial charge in [-0.05, 0) is 37.0 Å². The quantitative estimate of drug-likeness (QED) is 0.227. The van der Waals surface area contributed by atoms with Crippen LogP contribution in [0.15, 0.2) is 23.2 Å². The van der Waals surface area contributed by atoms with E-state index in [1.165, 1.54) is 5.56 Å². The van der Waals surface area contributed by atoms with Crippen molar-refractivity contribution in [2.24, 2.45) is 10.9 Å². The van der Waals surface area contributed by atoms with Crippen molar-refractivity contribution in [3.8, 4) is 11.5 Å². The van der Waals surface area contributed by atoms with E-state index in [0.29, 0.717) is 25.9 Å². The van der Waals surface area contributed by atoms with Crippen LogP contribution >= 0.6 is 24.0 Å². The number of hydrogen-bond donors (Lipinski definition) is 1. The molecule has 2 fully saturated rings. The van der Waals surface area contributed by atoms with Crippen molar-refractivity contribution >= 4 is 29.9 Å². The van der Waals surface area contributed by atoms with Crippen molar-refractivity contribution in [3.63, 3.8) is 0 Å². The first-order valence-corrected chi connectivity index (χ1v) is 11.2. The number of ether oxygens (including phenoxy) is 5. The van der Waals surface area contributed by atoms with Crippen LogP contribution in [0.1, 0.15) is 24.8 Å². The van der Waals surface area contributed by atoms with Crippen LogP contribution in [0.3, 0.4) is 0 Å². The van der Waals surface area contributed by atoms with Gasteiger partial charge in [0.25, 0.3) is 0 Å². The van der Waals surface area contributed by atoms with Crippen LogP contribution in [0.5, 0.6) is 11.5 Å². The zero-order valence-corrected chi connectivity index (χ0v) is 21.5. The normalized spacial score (nSPS) is 22.0. The lowest BCUT2D eigenvalue weighted by atomic mass is 9.74. The Balaban J connectivity index is 0.00000289. The summed E-state index contributed by atoms with van der Waals surface area (Å²) in [6.45, 7) is 6.67. The van der Waals surface area contributed by atoms with Crippen LogP contribution < -0.4 is 14.8 Å². The van der Waals surface area contributed by atoms with Crippen molar-refractivity contribution in [2.75, 3.05) is 73.6 Å². The van der Waals surface area contributed by atoms with E-state index in [1.807, 2.05) is 13.1 Å². The number of nitrogens with zero attached hydrogens (tertiary/aromatic N) is 2. The molecule has 0 radical (unpaired) electrons. The van der Waals surface area contributed by atoms with Crippen molar-refractivity contribution in [3.05, 3.63) is 23.8 Å². The summed E-state index contributed by atoms with van der Waals surface area (Å²) >= 11 is 0. The van der Waals surface area contributed by atoms with E-state index in [4.69, 9.17) is 23.7 Å². The molecule has 0 aromatic heterocycles. The fraction of sp³-hybridized carbons (Fsp3) is 0.696. The molecule has 9 heteroatoms. The third kappa shape index (κ3) is 5.98. The summed E-state index contributed by atoms with van der Waals surface area (Å²) in [6, 6.07) is 6.34. The second-order valence-corrected chi connectivity index (χ2v) is 8.53. The van der Waals surface area contributed by atoms with Crippen molar-refractivity contribution in [1.29, 1.82) is 0 Å². The summed E-state index contributed by atoms with van der Waals surface area (Å²) in [5.74, 6) is 3.15. The largest absolute Gasteiger partial charge is 0.454 e. The van der Waals surface area contributed by atoms with Gasteiger partial charge in [0.05, 0.1) is 19.8 Å². The van der Waals surface area contributed by atoms with Gasteiger partial charge in [0.1, 0.15) is 0 Å². The molecule has 3 heterocycles. The molecule has 1 atom stereocenters. The standard InChI is InChI=1S/C23H35N3O5.HI/c1-24-22(26-8-5-18(14-26)15-29-12-11-27-2)25-16-23(6-9-28-10-7-23)19-3-4-20-21(13-19)31-17-30-20;/h3-4,13,18H,5-12,14-17H2,1-2H3,(H,24,25);1H. The molecule has 0 saturated carbocycles. The molecular formula is C23H36IN3O5. The van der Waals surface area contributed by atoms with Crippen molar-refractivity contribution < 1.29 is 23.7 Å². The SMILES string of the molecule is CN=C(NCC1(c2ccc3c(c2)OCO3)CCOCC1)N1CCC(COCCOC)C1.I. The number of hydrogen-bond acceptors (Lipinski definition) is 6. The number of aliphatic imine (C=N–C) groups is 1. The van der Waals surface area contributed by atoms with Crippen LogP contribution in [0.4, 0.5) is 0 Å². The monoisotopic (exact) mass is 561 g/mol. The van der Waals surface area contributed by atoms with E-state index in [2.05, 4.69) is 27.3 Å². The molecule has 180 valence electrons. The molecule has 0 bridgehead atoms. The molecule has 8 nitrogen and oxygen atoms in total. The molecule has 0 spiro atoms. The second kappa shape index (κ2) is 12.2. The molecule has 3 aliphatic heterocycles. The summed E-state index contributed by atoms with van der Waals surface area (Å²) in [5.41, 5.74) is 1.26. The third-order valence-corrected chi connectivity index (χ3v) is 6.60. The van der Waals surface area contributed by atoms with Gasteiger partial charge in [0.2, 0.25) is 6.79 Å². The maximum Gasteiger partial charge on any atom is 0.231 e. The lowest BCUT2D eigenvalue weighted by Gasteiger charge is -2.39. The highest BCUT2D eigenvalue weighted by molar-refractivity contribution is 14.0. The minimum absolute atomic E-state index is 0. The van der Waals surface area contributed by atoms with Gasteiger partial charge in [-0.25, -0.2) is 0 Å². The fourth-order valence-corrected chi connectivity index (χ4v) is 4.69. The molecule has 2 saturated heterocycles. The maximum absolute atomic E-state index is 5.74. The fourth-order valence-electron chi connectivity index (χ4n) is 4.69. The Labute approximate surface area is 208 Å². The lowest BCUT2D eigenvalue weighted by Crippen LogP contribution is -2.49. The van der Waals surface area contributed by atoms with Gasteiger partial charge >= 0.3 is 0 Å². The van der Waals surface area contributed by atoms with E-state index >= 15 is 0 Å². The van der Waals surface area contributed by atoms with E-state index in [1.54, 1.807) is 7.11 Å². The van der Waals surface area contributed by atoms with Crippen molar-refractivity contribution in [1.82, 2.24) is 10.2 Å². The third-order valence-electron chi connectivity index (χ3n) is 6.60. The van der Waals surface area contributed by atoms with Gasteiger partial charge < -0.3 is 33.9 Å². The summed E-state index contributed by atoms with van der Waals surface area (Å²) < 4.78 is 27.6. The predicted octanol–water partition coefficient (Wildman–Crippen LogP) is 2.64.